The molecule has 2 rings (SSSR count). The van der Waals surface area contributed by atoms with Crippen LogP contribution in [-0.2, 0) is 0 Å². The quantitative estimate of drug-likeness (QED) is 0.812. The van der Waals surface area contributed by atoms with Crippen molar-refractivity contribution in [1.82, 2.24) is 0 Å². The van der Waals surface area contributed by atoms with Crippen molar-refractivity contribution in [1.29, 1.82) is 0 Å². The molecule has 1 N–H and O–H groups in total. The molecule has 0 atom stereocenters. The highest BCUT2D eigenvalue weighted by molar-refractivity contribution is 6.11. The van der Waals surface area contributed by atoms with Gasteiger partial charge in [0.05, 0.1) is 17.0 Å². The lowest BCUT2D eigenvalue weighted by Crippen LogP contribution is -2.01. The van der Waals surface area contributed by atoms with Crippen molar-refractivity contribution in [2.45, 2.75) is 13.8 Å². The van der Waals surface area contributed by atoms with Crippen LogP contribution in [0.3, 0.4) is 0 Å². The number of carboxylic acids is 1. The minimum absolute atomic E-state index is 0.256. The summed E-state index contributed by atoms with van der Waals surface area (Å²) >= 11 is 0. The Morgan fingerprint density at radius 1 is 1.09 bits per heavy atom. The molecule has 0 spiro atoms. The molecule has 0 aliphatic carbocycles. The molecule has 0 heterocycles. The Kier molecular flexibility index (Phi) is 5.26. The van der Waals surface area contributed by atoms with Crippen molar-refractivity contribution in [3.63, 3.8) is 0 Å². The Balaban J connectivity index is 2.39. The monoisotopic (exact) mass is 305 g/mol. The van der Waals surface area contributed by atoms with Gasteiger partial charge in [-0.2, -0.15) is 0 Å². The molecule has 0 radical (unpaired) electrons. The molecule has 0 aromatic heterocycles. The third kappa shape index (κ3) is 4.04. The van der Waals surface area contributed by atoms with E-state index in [4.69, 9.17) is 5.11 Å². The van der Waals surface area contributed by atoms with E-state index in [1.807, 2.05) is 50.3 Å². The number of allylic oxidation sites excluding steroid dienone is 2. The Morgan fingerprint density at radius 2 is 1.70 bits per heavy atom. The lowest BCUT2D eigenvalue weighted by atomic mass is 10.0. The normalized spacial score (nSPS) is 11.7. The van der Waals surface area contributed by atoms with Gasteiger partial charge in [-0.05, 0) is 37.6 Å². The maximum Gasteiger partial charge on any atom is 0.335 e. The molecular weight excluding hydrogens is 286 g/mol. The molecule has 0 aliphatic heterocycles. The first-order chi connectivity index (χ1) is 11.0. The SMILES string of the molecule is C=C(N=C(/C=C\C)c1ccc(C(=O)O)cc1)c1ccccc1C. The van der Waals surface area contributed by atoms with Crippen LogP contribution in [0.5, 0.6) is 0 Å². The topological polar surface area (TPSA) is 49.7 Å². The van der Waals surface area contributed by atoms with Crippen LogP contribution in [0.15, 0.2) is 72.3 Å². The van der Waals surface area contributed by atoms with E-state index >= 15 is 0 Å². The lowest BCUT2D eigenvalue weighted by molar-refractivity contribution is 0.0697. The highest BCUT2D eigenvalue weighted by Gasteiger charge is 2.06. The minimum Gasteiger partial charge on any atom is -0.478 e. The highest BCUT2D eigenvalue weighted by Crippen LogP contribution is 2.19. The second-order valence-electron chi connectivity index (χ2n) is 5.14. The first-order valence-electron chi connectivity index (χ1n) is 7.33. The van der Waals surface area contributed by atoms with Crippen LogP contribution >= 0.6 is 0 Å². The molecular formula is C20H19NO2. The maximum atomic E-state index is 10.9. The summed E-state index contributed by atoms with van der Waals surface area (Å²) in [7, 11) is 0. The number of benzene rings is 2. The number of aliphatic imine (C=N–C) groups is 1. The third-order valence-corrected chi connectivity index (χ3v) is 3.46. The number of carboxylic acid groups (broad SMARTS) is 1. The Labute approximate surface area is 136 Å². The first-order valence-corrected chi connectivity index (χ1v) is 7.33. The van der Waals surface area contributed by atoms with Crippen LogP contribution in [0.4, 0.5) is 0 Å². The average molecular weight is 305 g/mol. The number of hydrogen-bond donors (Lipinski definition) is 1. The molecule has 3 nitrogen and oxygen atoms in total. The summed E-state index contributed by atoms with van der Waals surface area (Å²) in [5, 5.41) is 8.98. The number of rotatable bonds is 5. The van der Waals surface area contributed by atoms with Crippen molar-refractivity contribution in [3.8, 4) is 0 Å². The number of hydrogen-bond acceptors (Lipinski definition) is 2. The fraction of sp³-hybridized carbons (Fsp3) is 0.100. The summed E-state index contributed by atoms with van der Waals surface area (Å²) in [6.45, 7) is 8.00. The van der Waals surface area contributed by atoms with Crippen LogP contribution in [0.25, 0.3) is 5.70 Å². The summed E-state index contributed by atoms with van der Waals surface area (Å²) in [4.78, 5) is 15.6. The molecule has 3 heteroatoms. The van der Waals surface area contributed by atoms with E-state index in [0.717, 1.165) is 22.4 Å². The Bertz CT molecular complexity index is 784. The smallest absolute Gasteiger partial charge is 0.335 e. The van der Waals surface area contributed by atoms with Gasteiger partial charge < -0.3 is 5.11 Å². The molecule has 0 unspecified atom stereocenters. The van der Waals surface area contributed by atoms with Crippen LogP contribution in [0.2, 0.25) is 0 Å². The molecule has 116 valence electrons. The maximum absolute atomic E-state index is 10.9. The Hall–Kier alpha value is -2.94. The third-order valence-electron chi connectivity index (χ3n) is 3.46. The summed E-state index contributed by atoms with van der Waals surface area (Å²) in [5.74, 6) is -0.939. The lowest BCUT2D eigenvalue weighted by Gasteiger charge is -2.08. The second-order valence-corrected chi connectivity index (χ2v) is 5.14. The van der Waals surface area contributed by atoms with E-state index in [1.54, 1.807) is 24.3 Å². The van der Waals surface area contributed by atoms with Crippen molar-refractivity contribution >= 4 is 17.4 Å². The van der Waals surface area contributed by atoms with Crippen LogP contribution in [0, 0.1) is 6.92 Å². The molecule has 2 aromatic rings. The standard InChI is InChI=1S/C20H19NO2/c1-4-7-19(16-10-12-17(13-11-16)20(22)23)21-15(3)18-9-6-5-8-14(18)2/h4-13H,3H2,1-2H3,(H,22,23)/b7-4-,21-19?. The van der Waals surface area contributed by atoms with Gasteiger partial charge in [0.15, 0.2) is 0 Å². The summed E-state index contributed by atoms with van der Waals surface area (Å²) in [6.07, 6.45) is 3.79. The predicted molar refractivity (Wildman–Crippen MR) is 95.0 cm³/mol. The second kappa shape index (κ2) is 7.36. The van der Waals surface area contributed by atoms with Gasteiger partial charge in [0.25, 0.3) is 0 Å². The minimum atomic E-state index is -0.939. The first kappa shape index (κ1) is 16.4. The average Bonchev–Trinajstić information content (AvgIpc) is 2.55. The molecule has 0 saturated heterocycles. The number of carbonyl (C=O) groups is 1. The van der Waals surface area contributed by atoms with Gasteiger partial charge in [0.1, 0.15) is 0 Å². The van der Waals surface area contributed by atoms with E-state index in [2.05, 4.69) is 11.6 Å². The number of nitrogens with zero attached hydrogens (tertiary/aromatic N) is 1. The highest BCUT2D eigenvalue weighted by atomic mass is 16.4. The van der Waals surface area contributed by atoms with Crippen molar-refractivity contribution in [3.05, 3.63) is 89.5 Å². The predicted octanol–water partition coefficient (Wildman–Crippen LogP) is 4.73. The van der Waals surface area contributed by atoms with Crippen molar-refractivity contribution < 1.29 is 9.90 Å². The van der Waals surface area contributed by atoms with Crippen LogP contribution in [0.1, 0.15) is 34.0 Å². The van der Waals surface area contributed by atoms with E-state index in [-0.39, 0.29) is 5.56 Å². The molecule has 2 aromatic carbocycles. The Morgan fingerprint density at radius 3 is 2.26 bits per heavy atom. The summed E-state index contributed by atoms with van der Waals surface area (Å²) < 4.78 is 0. The zero-order valence-electron chi connectivity index (χ0n) is 13.3. The van der Waals surface area contributed by atoms with E-state index in [1.165, 1.54) is 0 Å². The van der Waals surface area contributed by atoms with Gasteiger partial charge in [-0.1, -0.05) is 49.1 Å². The van der Waals surface area contributed by atoms with Crippen LogP contribution < -0.4 is 0 Å². The summed E-state index contributed by atoms with van der Waals surface area (Å²) in [5.41, 5.74) is 4.64. The molecule has 0 bridgehead atoms. The summed E-state index contributed by atoms with van der Waals surface area (Å²) in [6, 6.07) is 14.6. The molecule has 0 aliphatic rings. The van der Waals surface area contributed by atoms with Crippen molar-refractivity contribution in [2.24, 2.45) is 4.99 Å². The molecule has 0 amide bonds. The zero-order chi connectivity index (χ0) is 16.8. The largest absolute Gasteiger partial charge is 0.478 e. The van der Waals surface area contributed by atoms with Crippen molar-refractivity contribution in [2.75, 3.05) is 0 Å². The fourth-order valence-electron chi connectivity index (χ4n) is 2.24. The van der Waals surface area contributed by atoms with Gasteiger partial charge in [0.2, 0.25) is 0 Å². The van der Waals surface area contributed by atoms with Crippen LogP contribution in [-0.4, -0.2) is 16.8 Å². The number of aryl methyl sites for hydroxylation is 1. The van der Waals surface area contributed by atoms with Gasteiger partial charge in [-0.3, -0.25) is 0 Å². The number of aromatic carboxylic acids is 1. The van der Waals surface area contributed by atoms with E-state index in [0.29, 0.717) is 5.70 Å². The fourth-order valence-corrected chi connectivity index (χ4v) is 2.24. The van der Waals surface area contributed by atoms with Gasteiger partial charge >= 0.3 is 5.97 Å². The molecule has 0 fully saturated rings. The van der Waals surface area contributed by atoms with Gasteiger partial charge in [-0.25, -0.2) is 9.79 Å². The molecule has 23 heavy (non-hydrogen) atoms. The van der Waals surface area contributed by atoms with E-state index in [9.17, 15) is 4.79 Å². The van der Waals surface area contributed by atoms with E-state index < -0.39 is 5.97 Å². The zero-order valence-corrected chi connectivity index (χ0v) is 13.3. The van der Waals surface area contributed by atoms with Gasteiger partial charge in [-0.15, -0.1) is 0 Å². The van der Waals surface area contributed by atoms with Gasteiger partial charge in [0, 0.05) is 11.1 Å². The molecule has 0 saturated carbocycles.